The predicted molar refractivity (Wildman–Crippen MR) is 126 cm³/mol. The van der Waals surface area contributed by atoms with Crippen LogP contribution in [0.2, 0.25) is 0 Å². The summed E-state index contributed by atoms with van der Waals surface area (Å²) in [6.07, 6.45) is -0.321. The predicted octanol–water partition coefficient (Wildman–Crippen LogP) is 4.60. The Bertz CT molecular complexity index is 1410. The van der Waals surface area contributed by atoms with Crippen LogP contribution in [0, 0.1) is 25.7 Å². The molecule has 1 saturated heterocycles. The van der Waals surface area contributed by atoms with Gasteiger partial charge in [-0.25, -0.2) is 19.9 Å². The molecule has 10 heteroatoms. The Morgan fingerprint density at radius 3 is 2.50 bits per heavy atom. The van der Waals surface area contributed by atoms with Gasteiger partial charge in [0.2, 0.25) is 5.56 Å². The van der Waals surface area contributed by atoms with Gasteiger partial charge in [0, 0.05) is 37.3 Å². The van der Waals surface area contributed by atoms with E-state index in [0.717, 1.165) is 17.0 Å². The van der Waals surface area contributed by atoms with E-state index in [0.29, 0.717) is 55.0 Å². The molecule has 3 aliphatic carbocycles. The molecule has 2 bridgehead atoms. The monoisotopic (exact) mass is 499 g/mol. The fraction of sp³-hybridized carbons (Fsp3) is 0.577. The lowest BCUT2D eigenvalue weighted by Crippen LogP contribution is -2.35. The molecule has 4 fully saturated rings. The molecule has 3 saturated carbocycles. The molecule has 7 rings (SSSR count). The standard InChI is InChI=1S/C26H28F3N5O2/c1-13-14(2)31-24-21(30-13)22(25-9-17(10-25)18(11-25)26(27,28)29)32-23(33-24)15-6-7-36-19(8-15)16-4-5-20(35)34(3)12-16/h4-5,12,15,17-19H,6-11H2,1-3H3/t15-,17?,18?,19+,25?/m0/s1. The van der Waals surface area contributed by atoms with Gasteiger partial charge in [-0.15, -0.1) is 0 Å². The molecule has 0 spiro atoms. The number of hydrogen-bond donors (Lipinski definition) is 0. The lowest BCUT2D eigenvalue weighted by molar-refractivity contribution is -0.180. The fourth-order valence-electron chi connectivity index (χ4n) is 6.41. The molecule has 4 aliphatic rings. The summed E-state index contributed by atoms with van der Waals surface area (Å²) < 4.78 is 48.6. The van der Waals surface area contributed by atoms with Crippen LogP contribution in [0.15, 0.2) is 23.1 Å². The quantitative estimate of drug-likeness (QED) is 0.524. The van der Waals surface area contributed by atoms with Crippen molar-refractivity contribution in [1.82, 2.24) is 24.5 Å². The van der Waals surface area contributed by atoms with Crippen LogP contribution in [-0.4, -0.2) is 37.3 Å². The zero-order chi connectivity index (χ0) is 25.4. The van der Waals surface area contributed by atoms with Gasteiger partial charge in [-0.05, 0) is 63.5 Å². The highest BCUT2D eigenvalue weighted by molar-refractivity contribution is 5.75. The van der Waals surface area contributed by atoms with Gasteiger partial charge < -0.3 is 9.30 Å². The number of fused-ring (bicyclic) bond motifs is 2. The molecule has 0 amide bonds. The highest BCUT2D eigenvalue weighted by Gasteiger charge is 2.65. The van der Waals surface area contributed by atoms with Gasteiger partial charge in [-0.3, -0.25) is 4.79 Å². The van der Waals surface area contributed by atoms with E-state index < -0.39 is 17.5 Å². The Morgan fingerprint density at radius 2 is 1.81 bits per heavy atom. The lowest BCUT2D eigenvalue weighted by Gasteiger charge is -2.39. The maximum absolute atomic E-state index is 13.7. The number of ether oxygens (including phenoxy) is 1. The normalized spacial score (nSPS) is 29.9. The molecule has 0 N–H and O–H groups in total. The first-order chi connectivity index (χ1) is 17.0. The number of aromatic nitrogens is 5. The molecule has 3 atom stereocenters. The summed E-state index contributed by atoms with van der Waals surface area (Å²) in [5, 5.41) is 0. The molecule has 3 aromatic rings. The smallest absolute Gasteiger partial charge is 0.373 e. The average Bonchev–Trinajstić information content (AvgIpc) is 3.39. The molecule has 0 radical (unpaired) electrons. The molecule has 4 heterocycles. The van der Waals surface area contributed by atoms with E-state index in [2.05, 4.69) is 4.98 Å². The first kappa shape index (κ1) is 23.5. The van der Waals surface area contributed by atoms with Crippen molar-refractivity contribution in [2.45, 2.75) is 69.6 Å². The second-order valence-corrected chi connectivity index (χ2v) is 10.8. The summed E-state index contributed by atoms with van der Waals surface area (Å²) >= 11 is 0. The van der Waals surface area contributed by atoms with Crippen molar-refractivity contribution < 1.29 is 17.9 Å². The largest absolute Gasteiger partial charge is 0.392 e. The Balaban J connectivity index is 1.40. The molecule has 36 heavy (non-hydrogen) atoms. The van der Waals surface area contributed by atoms with Crippen molar-refractivity contribution >= 4 is 11.2 Å². The summed E-state index contributed by atoms with van der Waals surface area (Å²) in [5.74, 6) is -1.08. The van der Waals surface area contributed by atoms with E-state index in [4.69, 9.17) is 19.7 Å². The van der Waals surface area contributed by atoms with E-state index in [-0.39, 0.29) is 29.9 Å². The summed E-state index contributed by atoms with van der Waals surface area (Å²) in [7, 11) is 1.70. The van der Waals surface area contributed by atoms with Crippen molar-refractivity contribution in [3.8, 4) is 0 Å². The average molecular weight is 500 g/mol. The van der Waals surface area contributed by atoms with Crippen LogP contribution in [0.4, 0.5) is 13.2 Å². The number of hydrogen-bond acceptors (Lipinski definition) is 6. The van der Waals surface area contributed by atoms with Crippen molar-refractivity contribution in [3.05, 3.63) is 57.2 Å². The third-order valence-corrected chi connectivity index (χ3v) is 8.50. The number of halogens is 3. The molecule has 1 aliphatic heterocycles. The van der Waals surface area contributed by atoms with Gasteiger partial charge in [-0.2, -0.15) is 13.2 Å². The van der Waals surface area contributed by atoms with Gasteiger partial charge in [0.05, 0.1) is 29.1 Å². The zero-order valence-corrected chi connectivity index (χ0v) is 20.5. The topological polar surface area (TPSA) is 82.8 Å². The Labute approximate surface area is 206 Å². The van der Waals surface area contributed by atoms with E-state index in [9.17, 15) is 18.0 Å². The van der Waals surface area contributed by atoms with E-state index >= 15 is 0 Å². The Morgan fingerprint density at radius 1 is 1.06 bits per heavy atom. The van der Waals surface area contributed by atoms with Crippen molar-refractivity contribution in [2.24, 2.45) is 18.9 Å². The molecule has 1 unspecified atom stereocenters. The van der Waals surface area contributed by atoms with Crippen molar-refractivity contribution in [1.29, 1.82) is 0 Å². The number of aryl methyl sites for hydroxylation is 3. The van der Waals surface area contributed by atoms with Gasteiger partial charge in [0.15, 0.2) is 5.65 Å². The third kappa shape index (κ3) is 3.72. The second kappa shape index (κ2) is 8.06. The van der Waals surface area contributed by atoms with E-state index in [1.807, 2.05) is 13.8 Å². The highest BCUT2D eigenvalue weighted by Crippen LogP contribution is 2.66. The first-order valence-electron chi connectivity index (χ1n) is 12.4. The number of alkyl halides is 3. The van der Waals surface area contributed by atoms with Crippen LogP contribution < -0.4 is 5.56 Å². The summed E-state index contributed by atoms with van der Waals surface area (Å²) in [6.45, 7) is 4.21. The third-order valence-electron chi connectivity index (χ3n) is 8.50. The first-order valence-corrected chi connectivity index (χ1v) is 12.4. The van der Waals surface area contributed by atoms with Crippen LogP contribution in [0.5, 0.6) is 0 Å². The Kier molecular flexibility index (Phi) is 5.27. The maximum atomic E-state index is 13.7. The Hall–Kier alpha value is -2.88. The van der Waals surface area contributed by atoms with Gasteiger partial charge >= 0.3 is 6.18 Å². The summed E-state index contributed by atoms with van der Waals surface area (Å²) in [6, 6.07) is 3.31. The van der Waals surface area contributed by atoms with Crippen LogP contribution in [0.25, 0.3) is 11.2 Å². The van der Waals surface area contributed by atoms with Gasteiger partial charge in [-0.1, -0.05) is 0 Å². The number of pyridine rings is 1. The zero-order valence-electron chi connectivity index (χ0n) is 20.5. The van der Waals surface area contributed by atoms with Crippen LogP contribution in [0.3, 0.4) is 0 Å². The summed E-state index contributed by atoms with van der Waals surface area (Å²) in [4.78, 5) is 31.0. The summed E-state index contributed by atoms with van der Waals surface area (Å²) in [5.41, 5.74) is 3.28. The molecule has 3 aromatic heterocycles. The van der Waals surface area contributed by atoms with Crippen LogP contribution in [-0.2, 0) is 17.2 Å². The maximum Gasteiger partial charge on any atom is 0.392 e. The minimum absolute atomic E-state index is 0.0420. The van der Waals surface area contributed by atoms with Crippen molar-refractivity contribution in [3.63, 3.8) is 0 Å². The van der Waals surface area contributed by atoms with Crippen molar-refractivity contribution in [2.75, 3.05) is 6.61 Å². The molecular formula is C26H28F3N5O2. The fourth-order valence-corrected chi connectivity index (χ4v) is 6.41. The highest BCUT2D eigenvalue weighted by atomic mass is 19.4. The number of nitrogens with zero attached hydrogens (tertiary/aromatic N) is 5. The van der Waals surface area contributed by atoms with E-state index in [1.165, 1.54) is 10.6 Å². The molecular weight excluding hydrogens is 471 g/mol. The molecule has 190 valence electrons. The second-order valence-electron chi connectivity index (χ2n) is 10.8. The van der Waals surface area contributed by atoms with Crippen LogP contribution >= 0.6 is 0 Å². The van der Waals surface area contributed by atoms with Crippen LogP contribution in [0.1, 0.15) is 72.6 Å². The lowest BCUT2D eigenvalue weighted by atomic mass is 9.67. The molecule has 7 nitrogen and oxygen atoms in total. The van der Waals surface area contributed by atoms with E-state index in [1.54, 1.807) is 19.3 Å². The molecule has 0 aromatic carbocycles. The number of rotatable bonds is 3. The minimum Gasteiger partial charge on any atom is -0.373 e. The van der Waals surface area contributed by atoms with Gasteiger partial charge in [0.1, 0.15) is 11.3 Å². The SMILES string of the molecule is Cc1nc2nc([C@H]3CCO[C@@H](c4ccc(=O)n(C)c4)C3)nc(C34CC(C3)C(C(F)(F)F)C4)c2nc1C. The van der Waals surface area contributed by atoms with Gasteiger partial charge in [0.25, 0.3) is 0 Å². The minimum atomic E-state index is -4.20.